The number of furan rings is 1. The summed E-state index contributed by atoms with van der Waals surface area (Å²) in [6, 6.07) is 8.05. The Morgan fingerprint density at radius 1 is 1.39 bits per heavy atom. The molecule has 3 N–H and O–H groups in total. The van der Waals surface area contributed by atoms with E-state index >= 15 is 0 Å². The number of hydrogen-bond donors (Lipinski definition) is 2. The van der Waals surface area contributed by atoms with Crippen molar-refractivity contribution in [3.8, 4) is 0 Å². The summed E-state index contributed by atoms with van der Waals surface area (Å²) in [5.74, 6) is 1.28. The van der Waals surface area contributed by atoms with E-state index in [2.05, 4.69) is 5.32 Å². The minimum atomic E-state index is -0.364. The lowest BCUT2D eigenvalue weighted by Crippen LogP contribution is -2.13. The SMILES string of the molecule is Cc1ccc(CNc2ccc(F)cc2C(N)=S)o1. The molecule has 0 aliphatic rings. The first-order chi connectivity index (χ1) is 8.56. The number of nitrogens with two attached hydrogens (primary N) is 1. The van der Waals surface area contributed by atoms with Crippen LogP contribution in [0.3, 0.4) is 0 Å². The van der Waals surface area contributed by atoms with Gasteiger partial charge in [-0.15, -0.1) is 0 Å². The summed E-state index contributed by atoms with van der Waals surface area (Å²) >= 11 is 4.89. The first kappa shape index (κ1) is 12.6. The smallest absolute Gasteiger partial charge is 0.124 e. The van der Waals surface area contributed by atoms with Crippen LogP contribution in [0.5, 0.6) is 0 Å². The van der Waals surface area contributed by atoms with Crippen LogP contribution in [0.1, 0.15) is 17.1 Å². The van der Waals surface area contributed by atoms with Crippen LogP contribution in [0.25, 0.3) is 0 Å². The Kier molecular flexibility index (Phi) is 3.62. The molecule has 1 aromatic heterocycles. The minimum Gasteiger partial charge on any atom is -0.465 e. The molecule has 5 heteroatoms. The fourth-order valence-electron chi connectivity index (χ4n) is 1.64. The third-order valence-corrected chi connectivity index (χ3v) is 2.72. The first-order valence-corrected chi connectivity index (χ1v) is 5.85. The lowest BCUT2D eigenvalue weighted by Gasteiger charge is -2.10. The van der Waals surface area contributed by atoms with Gasteiger partial charge in [0.1, 0.15) is 22.3 Å². The van der Waals surface area contributed by atoms with Crippen molar-refractivity contribution in [3.05, 3.63) is 53.2 Å². The largest absolute Gasteiger partial charge is 0.465 e. The molecular formula is C13H13FN2OS. The van der Waals surface area contributed by atoms with Crippen molar-refractivity contribution in [3.63, 3.8) is 0 Å². The fourth-order valence-corrected chi connectivity index (χ4v) is 1.81. The third-order valence-electron chi connectivity index (χ3n) is 2.50. The number of halogens is 1. The Morgan fingerprint density at radius 2 is 2.17 bits per heavy atom. The average Bonchev–Trinajstić information content (AvgIpc) is 2.73. The zero-order valence-electron chi connectivity index (χ0n) is 9.87. The van der Waals surface area contributed by atoms with Crippen molar-refractivity contribution in [1.29, 1.82) is 0 Å². The van der Waals surface area contributed by atoms with Gasteiger partial charge in [0.05, 0.1) is 6.54 Å². The number of thiocarbonyl (C=S) groups is 1. The Bertz CT molecular complexity index is 580. The number of benzene rings is 1. The molecule has 0 saturated carbocycles. The van der Waals surface area contributed by atoms with Gasteiger partial charge in [-0.05, 0) is 37.3 Å². The Morgan fingerprint density at radius 3 is 2.78 bits per heavy atom. The van der Waals surface area contributed by atoms with Crippen molar-refractivity contribution in [2.24, 2.45) is 5.73 Å². The van der Waals surface area contributed by atoms with Crippen LogP contribution in [0.4, 0.5) is 10.1 Å². The number of hydrogen-bond acceptors (Lipinski definition) is 3. The summed E-state index contributed by atoms with van der Waals surface area (Å²) < 4.78 is 18.5. The number of aryl methyl sites for hydroxylation is 1. The van der Waals surface area contributed by atoms with Gasteiger partial charge in [0.2, 0.25) is 0 Å². The van der Waals surface area contributed by atoms with Gasteiger partial charge in [-0.3, -0.25) is 0 Å². The highest BCUT2D eigenvalue weighted by molar-refractivity contribution is 7.80. The summed E-state index contributed by atoms with van der Waals surface area (Å²) in [4.78, 5) is 0.160. The van der Waals surface area contributed by atoms with Crippen LogP contribution in [0.2, 0.25) is 0 Å². The van der Waals surface area contributed by atoms with Crippen LogP contribution >= 0.6 is 12.2 Å². The predicted molar refractivity (Wildman–Crippen MR) is 73.1 cm³/mol. The van der Waals surface area contributed by atoms with Crippen molar-refractivity contribution in [1.82, 2.24) is 0 Å². The average molecular weight is 264 g/mol. The van der Waals surface area contributed by atoms with Gasteiger partial charge in [0.25, 0.3) is 0 Å². The van der Waals surface area contributed by atoms with Crippen molar-refractivity contribution in [2.45, 2.75) is 13.5 Å². The van der Waals surface area contributed by atoms with Gasteiger partial charge >= 0.3 is 0 Å². The molecule has 18 heavy (non-hydrogen) atoms. The molecule has 1 aromatic carbocycles. The molecule has 0 fully saturated rings. The summed E-state index contributed by atoms with van der Waals surface area (Å²) in [6.07, 6.45) is 0. The molecule has 2 rings (SSSR count). The van der Waals surface area contributed by atoms with Gasteiger partial charge in [0.15, 0.2) is 0 Å². The van der Waals surface area contributed by atoms with E-state index in [0.717, 1.165) is 11.5 Å². The predicted octanol–water partition coefficient (Wildman–Crippen LogP) is 2.97. The van der Waals surface area contributed by atoms with E-state index in [4.69, 9.17) is 22.4 Å². The van der Waals surface area contributed by atoms with Crippen LogP contribution < -0.4 is 11.1 Å². The molecule has 94 valence electrons. The van der Waals surface area contributed by atoms with Crippen LogP contribution in [0.15, 0.2) is 34.7 Å². The van der Waals surface area contributed by atoms with Gasteiger partial charge in [-0.1, -0.05) is 12.2 Å². The summed E-state index contributed by atoms with van der Waals surface area (Å²) in [5, 5.41) is 3.12. The minimum absolute atomic E-state index is 0.160. The second kappa shape index (κ2) is 5.18. The van der Waals surface area contributed by atoms with E-state index in [-0.39, 0.29) is 10.8 Å². The topological polar surface area (TPSA) is 51.2 Å². The molecule has 0 bridgehead atoms. The Hall–Kier alpha value is -1.88. The zero-order chi connectivity index (χ0) is 13.1. The third kappa shape index (κ3) is 2.87. The summed E-state index contributed by atoms with van der Waals surface area (Å²) in [6.45, 7) is 2.37. The normalized spacial score (nSPS) is 10.3. The molecule has 3 nitrogen and oxygen atoms in total. The molecule has 0 aliphatic heterocycles. The number of nitrogens with one attached hydrogen (secondary N) is 1. The molecule has 0 spiro atoms. The highest BCUT2D eigenvalue weighted by atomic mass is 32.1. The second-order valence-corrected chi connectivity index (χ2v) is 4.36. The number of anilines is 1. The fraction of sp³-hybridized carbons (Fsp3) is 0.154. The lowest BCUT2D eigenvalue weighted by molar-refractivity contribution is 0.490. The Balaban J connectivity index is 2.16. The highest BCUT2D eigenvalue weighted by Crippen LogP contribution is 2.18. The van der Waals surface area contributed by atoms with Crippen LogP contribution in [-0.2, 0) is 6.54 Å². The van der Waals surface area contributed by atoms with Crippen LogP contribution in [-0.4, -0.2) is 4.99 Å². The molecule has 2 aromatic rings. The van der Waals surface area contributed by atoms with E-state index in [9.17, 15) is 4.39 Å². The standard InChI is InChI=1S/C13H13FN2OS/c1-8-2-4-10(17-8)7-16-12-5-3-9(14)6-11(12)13(15)18/h2-6,16H,7H2,1H3,(H2,15,18). The van der Waals surface area contributed by atoms with Gasteiger partial charge in [0, 0.05) is 11.3 Å². The molecule has 0 saturated heterocycles. The van der Waals surface area contributed by atoms with Crippen molar-refractivity contribution in [2.75, 3.05) is 5.32 Å². The van der Waals surface area contributed by atoms with Gasteiger partial charge in [-0.2, -0.15) is 0 Å². The maximum atomic E-state index is 13.1. The first-order valence-electron chi connectivity index (χ1n) is 5.45. The number of rotatable bonds is 4. The van der Waals surface area contributed by atoms with Gasteiger partial charge < -0.3 is 15.5 Å². The van der Waals surface area contributed by atoms with Crippen LogP contribution in [0, 0.1) is 12.7 Å². The van der Waals surface area contributed by atoms with Crippen molar-refractivity contribution < 1.29 is 8.81 Å². The van der Waals surface area contributed by atoms with E-state index in [1.54, 1.807) is 6.07 Å². The molecule has 0 unspecified atom stereocenters. The molecular weight excluding hydrogens is 251 g/mol. The van der Waals surface area contributed by atoms with E-state index < -0.39 is 0 Å². The Labute approximate surface area is 110 Å². The molecule has 0 radical (unpaired) electrons. The van der Waals surface area contributed by atoms with Gasteiger partial charge in [-0.25, -0.2) is 4.39 Å². The zero-order valence-corrected chi connectivity index (χ0v) is 10.7. The quantitative estimate of drug-likeness (QED) is 0.834. The summed E-state index contributed by atoms with van der Waals surface area (Å²) in [5.41, 5.74) is 6.74. The molecule has 0 atom stereocenters. The lowest BCUT2D eigenvalue weighted by atomic mass is 10.1. The molecule has 1 heterocycles. The van der Waals surface area contributed by atoms with Crippen molar-refractivity contribution >= 4 is 22.9 Å². The van der Waals surface area contributed by atoms with E-state index in [1.807, 2.05) is 19.1 Å². The summed E-state index contributed by atoms with van der Waals surface area (Å²) in [7, 11) is 0. The maximum absolute atomic E-state index is 13.1. The highest BCUT2D eigenvalue weighted by Gasteiger charge is 2.07. The molecule has 0 amide bonds. The monoisotopic (exact) mass is 264 g/mol. The molecule has 0 aliphatic carbocycles. The maximum Gasteiger partial charge on any atom is 0.124 e. The van der Waals surface area contributed by atoms with E-state index in [0.29, 0.717) is 17.8 Å². The van der Waals surface area contributed by atoms with E-state index in [1.165, 1.54) is 12.1 Å². The second-order valence-electron chi connectivity index (χ2n) is 3.92.